The number of ether oxygens (including phenoxy) is 1. The lowest BCUT2D eigenvalue weighted by Gasteiger charge is -2.44. The predicted molar refractivity (Wildman–Crippen MR) is 137 cm³/mol. The first kappa shape index (κ1) is 22.9. The summed E-state index contributed by atoms with van der Waals surface area (Å²) in [5.74, 6) is 1.57. The van der Waals surface area contributed by atoms with Crippen molar-refractivity contribution in [3.63, 3.8) is 0 Å². The minimum atomic E-state index is -0.265. The summed E-state index contributed by atoms with van der Waals surface area (Å²) in [6.07, 6.45) is 6.92. The van der Waals surface area contributed by atoms with Crippen LogP contribution in [0.3, 0.4) is 0 Å². The van der Waals surface area contributed by atoms with Gasteiger partial charge in [0.25, 0.3) is 0 Å². The number of imidazole rings is 1. The first-order chi connectivity index (χ1) is 16.3. The van der Waals surface area contributed by atoms with Gasteiger partial charge in [0.1, 0.15) is 0 Å². The monoisotopic (exact) mass is 459 g/mol. The summed E-state index contributed by atoms with van der Waals surface area (Å²) in [7, 11) is 3.59. The summed E-state index contributed by atoms with van der Waals surface area (Å²) < 4.78 is 7.23. The summed E-state index contributed by atoms with van der Waals surface area (Å²) in [5.41, 5.74) is 5.81. The Morgan fingerprint density at radius 3 is 2.47 bits per heavy atom. The number of aromatic nitrogens is 2. The Kier molecular flexibility index (Phi) is 5.91. The molecule has 3 aromatic rings. The van der Waals surface area contributed by atoms with E-state index < -0.39 is 0 Å². The SMILES string of the molecule is COC(=O)c1ccc2c(c1)CCC2N(c1nc2ccccc2n1C)[C@H]1CC[C@H](C(C)(C)C)CC1. The maximum absolute atomic E-state index is 12.1. The number of hydrogen-bond acceptors (Lipinski definition) is 4. The molecule has 0 bridgehead atoms. The van der Waals surface area contributed by atoms with E-state index in [2.05, 4.69) is 67.6 Å². The molecule has 5 rings (SSSR count). The minimum absolute atomic E-state index is 0.265. The van der Waals surface area contributed by atoms with Crippen molar-refractivity contribution in [1.29, 1.82) is 0 Å². The topological polar surface area (TPSA) is 47.4 Å². The number of esters is 1. The number of methoxy groups -OCH3 is 1. The molecule has 2 aromatic carbocycles. The summed E-state index contributed by atoms with van der Waals surface area (Å²) in [4.78, 5) is 19.9. The van der Waals surface area contributed by atoms with Crippen LogP contribution in [-0.4, -0.2) is 28.7 Å². The Labute approximate surface area is 203 Å². The van der Waals surface area contributed by atoms with Gasteiger partial charge in [0.05, 0.1) is 29.7 Å². The van der Waals surface area contributed by atoms with Crippen LogP contribution in [0.5, 0.6) is 0 Å². The molecule has 1 aromatic heterocycles. The van der Waals surface area contributed by atoms with E-state index in [-0.39, 0.29) is 12.0 Å². The number of anilines is 1. The minimum Gasteiger partial charge on any atom is -0.465 e. The molecule has 1 heterocycles. The number of fused-ring (bicyclic) bond motifs is 2. The highest BCUT2D eigenvalue weighted by atomic mass is 16.5. The van der Waals surface area contributed by atoms with Crippen molar-refractivity contribution in [2.75, 3.05) is 12.0 Å². The first-order valence-electron chi connectivity index (χ1n) is 12.7. The third kappa shape index (κ3) is 3.99. The van der Waals surface area contributed by atoms with Crippen molar-refractivity contribution in [3.8, 4) is 0 Å². The van der Waals surface area contributed by atoms with Crippen LogP contribution >= 0.6 is 0 Å². The van der Waals surface area contributed by atoms with Crippen LogP contribution < -0.4 is 4.90 Å². The van der Waals surface area contributed by atoms with E-state index >= 15 is 0 Å². The number of hydrogen-bond donors (Lipinski definition) is 0. The Bertz CT molecular complexity index is 1200. The zero-order chi connectivity index (χ0) is 24.0. The van der Waals surface area contributed by atoms with Gasteiger partial charge in [-0.15, -0.1) is 0 Å². The number of rotatable bonds is 4. The molecule has 5 nitrogen and oxygen atoms in total. The number of carbonyl (C=O) groups excluding carboxylic acids is 1. The number of nitrogens with zero attached hydrogens (tertiary/aromatic N) is 3. The number of carbonyl (C=O) groups is 1. The molecule has 1 fully saturated rings. The quantitative estimate of drug-likeness (QED) is 0.420. The molecule has 0 aliphatic heterocycles. The Hall–Kier alpha value is -2.82. The van der Waals surface area contributed by atoms with E-state index in [4.69, 9.17) is 9.72 Å². The number of benzene rings is 2. The van der Waals surface area contributed by atoms with Crippen molar-refractivity contribution < 1.29 is 9.53 Å². The van der Waals surface area contributed by atoms with E-state index in [0.717, 1.165) is 30.2 Å². The zero-order valence-corrected chi connectivity index (χ0v) is 21.2. The second kappa shape index (κ2) is 8.75. The normalized spacial score (nSPS) is 22.6. The molecule has 180 valence electrons. The van der Waals surface area contributed by atoms with Crippen LogP contribution in [0.1, 0.15) is 80.4 Å². The van der Waals surface area contributed by atoms with Gasteiger partial charge in [0.15, 0.2) is 0 Å². The predicted octanol–water partition coefficient (Wildman–Crippen LogP) is 6.46. The molecule has 2 aliphatic carbocycles. The average molecular weight is 460 g/mol. The fourth-order valence-corrected chi connectivity index (χ4v) is 6.27. The van der Waals surface area contributed by atoms with Gasteiger partial charge in [-0.25, -0.2) is 9.78 Å². The smallest absolute Gasteiger partial charge is 0.337 e. The standard InChI is InChI=1S/C29H37N3O2/c1-29(2,3)21-12-14-22(15-13-21)32(28-30-24-8-6-7-9-26(24)31(28)4)25-17-11-19-18-20(27(33)34-5)10-16-23(19)25/h6-10,16,18,21-22,25H,11-15,17H2,1-5H3/t21-,22-,25?. The van der Waals surface area contributed by atoms with E-state index in [9.17, 15) is 4.79 Å². The first-order valence-corrected chi connectivity index (χ1v) is 12.7. The second-order valence-electron chi connectivity index (χ2n) is 11.2. The Balaban J connectivity index is 1.54. The fraction of sp³-hybridized carbons (Fsp3) is 0.517. The van der Waals surface area contributed by atoms with Crippen molar-refractivity contribution in [3.05, 3.63) is 59.2 Å². The van der Waals surface area contributed by atoms with Crippen LogP contribution in [0.4, 0.5) is 5.95 Å². The van der Waals surface area contributed by atoms with Gasteiger partial charge in [-0.2, -0.15) is 0 Å². The molecule has 0 N–H and O–H groups in total. The molecular formula is C29H37N3O2. The van der Waals surface area contributed by atoms with Crippen molar-refractivity contribution in [2.24, 2.45) is 18.4 Å². The van der Waals surface area contributed by atoms with E-state index in [1.165, 1.54) is 49.4 Å². The van der Waals surface area contributed by atoms with E-state index in [0.29, 0.717) is 17.0 Å². The second-order valence-corrected chi connectivity index (χ2v) is 11.2. The molecule has 5 heteroatoms. The summed E-state index contributed by atoms with van der Waals surface area (Å²) in [6, 6.07) is 15.3. The fourth-order valence-electron chi connectivity index (χ4n) is 6.27. The molecule has 0 amide bonds. The molecule has 0 saturated heterocycles. The lowest BCUT2D eigenvalue weighted by Crippen LogP contribution is -2.43. The van der Waals surface area contributed by atoms with Gasteiger partial charge in [-0.05, 0) is 85.3 Å². The third-order valence-corrected chi connectivity index (χ3v) is 8.26. The molecule has 1 atom stereocenters. The van der Waals surface area contributed by atoms with Gasteiger partial charge in [-0.3, -0.25) is 0 Å². The third-order valence-electron chi connectivity index (χ3n) is 8.26. The van der Waals surface area contributed by atoms with Crippen LogP contribution in [0.2, 0.25) is 0 Å². The van der Waals surface area contributed by atoms with Gasteiger partial charge in [0.2, 0.25) is 5.95 Å². The highest BCUT2D eigenvalue weighted by Gasteiger charge is 2.39. The number of aryl methyl sites for hydroxylation is 2. The van der Waals surface area contributed by atoms with Gasteiger partial charge in [0, 0.05) is 13.1 Å². The lowest BCUT2D eigenvalue weighted by molar-refractivity contribution is 0.0600. The molecular weight excluding hydrogens is 422 g/mol. The largest absolute Gasteiger partial charge is 0.465 e. The van der Waals surface area contributed by atoms with Gasteiger partial charge < -0.3 is 14.2 Å². The Morgan fingerprint density at radius 2 is 1.79 bits per heavy atom. The highest BCUT2D eigenvalue weighted by molar-refractivity contribution is 5.89. The molecule has 0 spiro atoms. The number of para-hydroxylation sites is 2. The van der Waals surface area contributed by atoms with Gasteiger partial charge in [-0.1, -0.05) is 39.0 Å². The van der Waals surface area contributed by atoms with Crippen LogP contribution in [0.25, 0.3) is 11.0 Å². The molecule has 0 radical (unpaired) electrons. The molecule has 34 heavy (non-hydrogen) atoms. The highest BCUT2D eigenvalue weighted by Crippen LogP contribution is 2.45. The average Bonchev–Trinajstić information content (AvgIpc) is 3.40. The van der Waals surface area contributed by atoms with E-state index in [1.54, 1.807) is 0 Å². The Morgan fingerprint density at radius 1 is 1.06 bits per heavy atom. The summed E-state index contributed by atoms with van der Waals surface area (Å²) in [5, 5.41) is 0. The van der Waals surface area contributed by atoms with Crippen molar-refractivity contribution >= 4 is 23.0 Å². The van der Waals surface area contributed by atoms with Gasteiger partial charge >= 0.3 is 5.97 Å². The summed E-state index contributed by atoms with van der Waals surface area (Å²) in [6.45, 7) is 7.15. The molecule has 2 aliphatic rings. The summed E-state index contributed by atoms with van der Waals surface area (Å²) >= 11 is 0. The zero-order valence-electron chi connectivity index (χ0n) is 21.2. The van der Waals surface area contributed by atoms with Crippen molar-refractivity contribution in [2.45, 2.75) is 71.4 Å². The maximum atomic E-state index is 12.1. The maximum Gasteiger partial charge on any atom is 0.337 e. The van der Waals surface area contributed by atoms with Crippen LogP contribution in [0, 0.1) is 11.3 Å². The van der Waals surface area contributed by atoms with Crippen LogP contribution in [0.15, 0.2) is 42.5 Å². The lowest BCUT2D eigenvalue weighted by atomic mass is 9.71. The van der Waals surface area contributed by atoms with Crippen LogP contribution in [-0.2, 0) is 18.2 Å². The van der Waals surface area contributed by atoms with Crippen molar-refractivity contribution in [1.82, 2.24) is 9.55 Å². The molecule has 1 unspecified atom stereocenters. The molecule has 1 saturated carbocycles. The van der Waals surface area contributed by atoms with E-state index in [1.807, 2.05) is 12.1 Å².